The van der Waals surface area contributed by atoms with Crippen LogP contribution in [0.4, 0.5) is 0 Å². The standard InChI is InChI=1S/C12H14O4S/c1-2-16-12(15)11(14)8-9(13)5-6-10-4-3-7-17-10/h3-7,11,14H,2,8H2,1H3/b6-5+/t11-/m0/s1. The van der Waals surface area contributed by atoms with Gasteiger partial charge in [0.1, 0.15) is 0 Å². The lowest BCUT2D eigenvalue weighted by Crippen LogP contribution is -2.25. The quantitative estimate of drug-likeness (QED) is 0.619. The minimum atomic E-state index is -1.38. The van der Waals surface area contributed by atoms with Gasteiger partial charge in [-0.1, -0.05) is 6.07 Å². The fourth-order valence-corrected chi connectivity index (χ4v) is 1.76. The summed E-state index contributed by atoms with van der Waals surface area (Å²) < 4.78 is 4.59. The van der Waals surface area contributed by atoms with Gasteiger partial charge in [-0.05, 0) is 30.5 Å². The Hall–Kier alpha value is -1.46. The van der Waals surface area contributed by atoms with Gasteiger partial charge >= 0.3 is 5.97 Å². The van der Waals surface area contributed by atoms with Gasteiger partial charge in [0.15, 0.2) is 11.9 Å². The van der Waals surface area contributed by atoms with Crippen molar-refractivity contribution in [1.29, 1.82) is 0 Å². The number of allylic oxidation sites excluding steroid dienone is 1. The maximum Gasteiger partial charge on any atom is 0.335 e. The molecule has 1 aromatic rings. The summed E-state index contributed by atoms with van der Waals surface area (Å²) in [4.78, 5) is 23.4. The Labute approximate surface area is 104 Å². The first kappa shape index (κ1) is 13.6. The molecule has 92 valence electrons. The molecular weight excluding hydrogens is 240 g/mol. The first-order chi connectivity index (χ1) is 8.13. The third-order valence-electron chi connectivity index (χ3n) is 1.93. The molecule has 0 saturated carbocycles. The molecule has 0 amide bonds. The van der Waals surface area contributed by atoms with Crippen molar-refractivity contribution in [3.63, 3.8) is 0 Å². The average Bonchev–Trinajstić information content (AvgIpc) is 2.79. The Morgan fingerprint density at radius 2 is 2.35 bits per heavy atom. The van der Waals surface area contributed by atoms with E-state index in [1.165, 1.54) is 17.4 Å². The third-order valence-corrected chi connectivity index (χ3v) is 2.77. The minimum absolute atomic E-state index is 0.190. The monoisotopic (exact) mass is 254 g/mol. The first-order valence-corrected chi connectivity index (χ1v) is 6.10. The molecule has 4 nitrogen and oxygen atoms in total. The highest BCUT2D eigenvalue weighted by molar-refractivity contribution is 7.10. The average molecular weight is 254 g/mol. The zero-order valence-corrected chi connectivity index (χ0v) is 10.3. The van der Waals surface area contributed by atoms with Crippen LogP contribution in [0.2, 0.25) is 0 Å². The highest BCUT2D eigenvalue weighted by Gasteiger charge is 2.18. The highest BCUT2D eigenvalue weighted by atomic mass is 32.1. The van der Waals surface area contributed by atoms with Crippen molar-refractivity contribution in [3.05, 3.63) is 28.5 Å². The van der Waals surface area contributed by atoms with Crippen LogP contribution in [-0.4, -0.2) is 29.6 Å². The second-order valence-electron chi connectivity index (χ2n) is 3.29. The Morgan fingerprint density at radius 1 is 1.59 bits per heavy atom. The summed E-state index contributed by atoms with van der Waals surface area (Å²) in [7, 11) is 0. The van der Waals surface area contributed by atoms with E-state index in [-0.39, 0.29) is 18.8 Å². The summed E-state index contributed by atoms with van der Waals surface area (Å²) in [5, 5.41) is 11.3. The van der Waals surface area contributed by atoms with Gasteiger partial charge in [-0.2, -0.15) is 0 Å². The molecule has 0 bridgehead atoms. The van der Waals surface area contributed by atoms with Gasteiger partial charge in [-0.25, -0.2) is 4.79 Å². The molecule has 5 heteroatoms. The molecule has 17 heavy (non-hydrogen) atoms. The van der Waals surface area contributed by atoms with Crippen LogP contribution < -0.4 is 0 Å². The summed E-state index contributed by atoms with van der Waals surface area (Å²) in [6, 6.07) is 3.75. The van der Waals surface area contributed by atoms with E-state index in [0.717, 1.165) is 4.88 Å². The lowest BCUT2D eigenvalue weighted by Gasteiger charge is -2.06. The Bertz CT molecular complexity index is 395. The second kappa shape index (κ2) is 6.98. The number of aliphatic hydroxyl groups excluding tert-OH is 1. The predicted octanol–water partition coefficient (Wildman–Crippen LogP) is 1.64. The van der Waals surface area contributed by atoms with E-state index < -0.39 is 12.1 Å². The van der Waals surface area contributed by atoms with Crippen molar-refractivity contribution in [3.8, 4) is 0 Å². The fourth-order valence-electron chi connectivity index (χ4n) is 1.14. The van der Waals surface area contributed by atoms with Gasteiger partial charge in [0.25, 0.3) is 0 Å². The van der Waals surface area contributed by atoms with Crippen molar-refractivity contribution in [2.45, 2.75) is 19.4 Å². The van der Waals surface area contributed by atoms with Gasteiger partial charge in [0.2, 0.25) is 0 Å². The first-order valence-electron chi connectivity index (χ1n) is 5.22. The van der Waals surface area contributed by atoms with E-state index in [0.29, 0.717) is 0 Å². The Morgan fingerprint density at radius 3 is 2.94 bits per heavy atom. The molecule has 0 unspecified atom stereocenters. The SMILES string of the molecule is CCOC(=O)[C@@H](O)CC(=O)/C=C/c1cccs1. The summed E-state index contributed by atoms with van der Waals surface area (Å²) in [6.07, 6.45) is 1.38. The molecule has 0 aliphatic heterocycles. The smallest absolute Gasteiger partial charge is 0.335 e. The topological polar surface area (TPSA) is 63.6 Å². The number of ketones is 1. The maximum atomic E-state index is 11.4. The van der Waals surface area contributed by atoms with Crippen LogP contribution >= 0.6 is 11.3 Å². The molecule has 0 aromatic carbocycles. The van der Waals surface area contributed by atoms with Crippen LogP contribution in [-0.2, 0) is 14.3 Å². The molecule has 0 spiro atoms. The number of ether oxygens (including phenoxy) is 1. The van der Waals surface area contributed by atoms with E-state index in [1.54, 1.807) is 13.0 Å². The molecule has 0 fully saturated rings. The third kappa shape index (κ3) is 4.93. The van der Waals surface area contributed by atoms with Gasteiger partial charge in [0, 0.05) is 11.3 Å². The normalized spacial score (nSPS) is 12.6. The lowest BCUT2D eigenvalue weighted by molar-refractivity contribution is -0.154. The lowest BCUT2D eigenvalue weighted by atomic mass is 10.1. The molecule has 1 aromatic heterocycles. The molecule has 0 radical (unpaired) electrons. The molecule has 0 saturated heterocycles. The molecular formula is C12H14O4S. The van der Waals surface area contributed by atoms with Crippen LogP contribution in [0.15, 0.2) is 23.6 Å². The fraction of sp³-hybridized carbons (Fsp3) is 0.333. The van der Waals surface area contributed by atoms with Crippen molar-refractivity contribution < 1.29 is 19.4 Å². The van der Waals surface area contributed by atoms with Crippen LogP contribution in [0.25, 0.3) is 6.08 Å². The summed E-state index contributed by atoms with van der Waals surface area (Å²) >= 11 is 1.51. The van der Waals surface area contributed by atoms with Crippen LogP contribution in [0.5, 0.6) is 0 Å². The maximum absolute atomic E-state index is 11.4. The predicted molar refractivity (Wildman–Crippen MR) is 65.6 cm³/mol. The zero-order chi connectivity index (χ0) is 12.7. The summed E-state index contributed by atoms with van der Waals surface area (Å²) in [6.45, 7) is 1.83. The number of carbonyl (C=O) groups is 2. The molecule has 1 heterocycles. The number of carbonyl (C=O) groups excluding carboxylic acids is 2. The Balaban J connectivity index is 2.41. The molecule has 0 aliphatic carbocycles. The largest absolute Gasteiger partial charge is 0.464 e. The van der Waals surface area contributed by atoms with Gasteiger partial charge in [-0.3, -0.25) is 4.79 Å². The van der Waals surface area contributed by atoms with Crippen molar-refractivity contribution >= 4 is 29.2 Å². The molecule has 1 N–H and O–H groups in total. The number of hydrogen-bond acceptors (Lipinski definition) is 5. The summed E-state index contributed by atoms with van der Waals surface area (Å²) in [5.41, 5.74) is 0. The van der Waals surface area contributed by atoms with E-state index in [4.69, 9.17) is 0 Å². The van der Waals surface area contributed by atoms with E-state index in [1.807, 2.05) is 17.5 Å². The molecule has 1 rings (SSSR count). The zero-order valence-electron chi connectivity index (χ0n) is 9.46. The van der Waals surface area contributed by atoms with Gasteiger partial charge in [0.05, 0.1) is 6.61 Å². The number of esters is 1. The number of rotatable bonds is 6. The molecule has 1 atom stereocenters. The van der Waals surface area contributed by atoms with Crippen molar-refractivity contribution in [1.82, 2.24) is 0 Å². The Kier molecular flexibility index (Phi) is 5.59. The van der Waals surface area contributed by atoms with Gasteiger partial charge in [-0.15, -0.1) is 11.3 Å². The molecule has 0 aliphatic rings. The summed E-state index contributed by atoms with van der Waals surface area (Å²) in [5.74, 6) is -1.07. The number of hydrogen-bond donors (Lipinski definition) is 1. The van der Waals surface area contributed by atoms with Crippen molar-refractivity contribution in [2.24, 2.45) is 0 Å². The van der Waals surface area contributed by atoms with E-state index >= 15 is 0 Å². The highest BCUT2D eigenvalue weighted by Crippen LogP contribution is 2.10. The van der Waals surface area contributed by atoms with Crippen LogP contribution in [0.3, 0.4) is 0 Å². The van der Waals surface area contributed by atoms with E-state index in [2.05, 4.69) is 4.74 Å². The van der Waals surface area contributed by atoms with Crippen LogP contribution in [0.1, 0.15) is 18.2 Å². The number of thiophene rings is 1. The minimum Gasteiger partial charge on any atom is -0.464 e. The van der Waals surface area contributed by atoms with Crippen molar-refractivity contribution in [2.75, 3.05) is 6.61 Å². The van der Waals surface area contributed by atoms with E-state index in [9.17, 15) is 14.7 Å². The van der Waals surface area contributed by atoms with Crippen LogP contribution in [0, 0.1) is 0 Å². The van der Waals surface area contributed by atoms with Gasteiger partial charge < -0.3 is 9.84 Å². The second-order valence-corrected chi connectivity index (χ2v) is 4.27. The number of aliphatic hydroxyl groups is 1.